The van der Waals surface area contributed by atoms with Gasteiger partial charge >= 0.3 is 6.03 Å². The van der Waals surface area contributed by atoms with Crippen LogP contribution < -0.4 is 14.5 Å². The zero-order chi connectivity index (χ0) is 27.5. The van der Waals surface area contributed by atoms with Crippen molar-refractivity contribution in [3.8, 4) is 5.75 Å². The average molecular weight is 557 g/mol. The van der Waals surface area contributed by atoms with Crippen LogP contribution in [-0.4, -0.2) is 17.8 Å². The van der Waals surface area contributed by atoms with E-state index in [4.69, 9.17) is 27.9 Å². The largest absolute Gasteiger partial charge is 0.487 e. The van der Waals surface area contributed by atoms with E-state index >= 15 is 0 Å². The predicted octanol–water partition coefficient (Wildman–Crippen LogP) is 7.46. The molecule has 0 atom stereocenters. The van der Waals surface area contributed by atoms with Crippen molar-refractivity contribution >= 4 is 58.5 Å². The fourth-order valence-electron chi connectivity index (χ4n) is 4.17. The number of rotatable bonds is 6. The van der Waals surface area contributed by atoms with Crippen LogP contribution in [0.25, 0.3) is 6.08 Å². The molecule has 0 saturated carbocycles. The van der Waals surface area contributed by atoms with E-state index in [-0.39, 0.29) is 23.0 Å². The third-order valence-electron chi connectivity index (χ3n) is 6.12. The number of amides is 4. The summed E-state index contributed by atoms with van der Waals surface area (Å²) in [6, 6.07) is 27.0. The van der Waals surface area contributed by atoms with Crippen molar-refractivity contribution < 1.29 is 19.1 Å². The summed E-state index contributed by atoms with van der Waals surface area (Å²) in [7, 11) is 0. The first-order valence-corrected chi connectivity index (χ1v) is 12.8. The molecule has 0 aliphatic carbocycles. The van der Waals surface area contributed by atoms with Crippen LogP contribution >= 0.6 is 23.2 Å². The van der Waals surface area contributed by atoms with Gasteiger partial charge in [-0.25, -0.2) is 14.6 Å². The van der Waals surface area contributed by atoms with E-state index in [9.17, 15) is 14.4 Å². The summed E-state index contributed by atoms with van der Waals surface area (Å²) in [5.41, 5.74) is 2.75. The lowest BCUT2D eigenvalue weighted by Crippen LogP contribution is -2.57. The van der Waals surface area contributed by atoms with Gasteiger partial charge in [-0.3, -0.25) is 9.59 Å². The highest BCUT2D eigenvalue weighted by molar-refractivity contribution is 6.46. The number of aryl methyl sites for hydroxylation is 1. The Kier molecular flexibility index (Phi) is 7.50. The summed E-state index contributed by atoms with van der Waals surface area (Å²) >= 11 is 12.8. The van der Waals surface area contributed by atoms with Crippen LogP contribution in [0.4, 0.5) is 16.2 Å². The second-order valence-electron chi connectivity index (χ2n) is 8.87. The Hall–Kier alpha value is -4.39. The standard InChI is InChI=1S/C31H22Cl2N2O4/c1-20-12-14-21(15-13-20)19-39-28-22(16-23(32)18-27(28)33)17-26-29(36)34(24-8-4-2-5-9-24)31(38)35(30(26)37)25-10-6-3-7-11-25/h2-18H,19H2,1H3. The van der Waals surface area contributed by atoms with E-state index in [1.807, 2.05) is 31.2 Å². The molecule has 0 unspecified atom stereocenters. The van der Waals surface area contributed by atoms with Gasteiger partial charge in [0.25, 0.3) is 11.8 Å². The van der Waals surface area contributed by atoms with E-state index in [0.29, 0.717) is 22.0 Å². The van der Waals surface area contributed by atoms with Crippen molar-refractivity contribution in [3.05, 3.63) is 129 Å². The molecule has 0 radical (unpaired) electrons. The van der Waals surface area contributed by atoms with Crippen molar-refractivity contribution in [2.75, 3.05) is 9.80 Å². The van der Waals surface area contributed by atoms with Gasteiger partial charge in [0, 0.05) is 10.6 Å². The third-order valence-corrected chi connectivity index (χ3v) is 6.62. The molecular weight excluding hydrogens is 535 g/mol. The van der Waals surface area contributed by atoms with Crippen molar-refractivity contribution in [2.24, 2.45) is 0 Å². The van der Waals surface area contributed by atoms with Crippen LogP contribution in [0.2, 0.25) is 10.0 Å². The molecule has 0 N–H and O–H groups in total. The number of imide groups is 2. The maximum Gasteiger partial charge on any atom is 0.343 e. The maximum atomic E-state index is 13.7. The fourth-order valence-corrected chi connectivity index (χ4v) is 4.74. The molecule has 0 aromatic heterocycles. The van der Waals surface area contributed by atoms with Gasteiger partial charge < -0.3 is 4.74 Å². The maximum absolute atomic E-state index is 13.7. The molecule has 6 nitrogen and oxygen atoms in total. The average Bonchev–Trinajstić information content (AvgIpc) is 2.93. The lowest BCUT2D eigenvalue weighted by Gasteiger charge is -2.34. The minimum atomic E-state index is -0.778. The van der Waals surface area contributed by atoms with E-state index in [1.165, 1.54) is 12.1 Å². The van der Waals surface area contributed by atoms with Crippen LogP contribution in [0.3, 0.4) is 0 Å². The normalized spacial score (nSPS) is 13.6. The number of anilines is 2. The Bertz CT molecular complexity index is 1520. The predicted molar refractivity (Wildman–Crippen MR) is 153 cm³/mol. The second-order valence-corrected chi connectivity index (χ2v) is 9.72. The van der Waals surface area contributed by atoms with Gasteiger partial charge in [-0.05, 0) is 55.0 Å². The van der Waals surface area contributed by atoms with Crippen LogP contribution in [0.15, 0.2) is 103 Å². The Morgan fingerprint density at radius 3 is 1.82 bits per heavy atom. The number of benzene rings is 4. The Morgan fingerprint density at radius 2 is 1.28 bits per heavy atom. The monoisotopic (exact) mass is 556 g/mol. The Balaban J connectivity index is 1.60. The van der Waals surface area contributed by atoms with Crippen molar-refractivity contribution in [1.29, 1.82) is 0 Å². The second kappa shape index (κ2) is 11.2. The van der Waals surface area contributed by atoms with E-state index in [1.54, 1.807) is 66.7 Å². The highest BCUT2D eigenvalue weighted by Gasteiger charge is 2.43. The van der Waals surface area contributed by atoms with Gasteiger partial charge in [0.2, 0.25) is 0 Å². The third kappa shape index (κ3) is 5.43. The number of barbiturate groups is 1. The molecule has 4 aromatic rings. The van der Waals surface area contributed by atoms with Gasteiger partial charge in [-0.1, -0.05) is 89.4 Å². The van der Waals surface area contributed by atoms with Crippen molar-refractivity contribution in [1.82, 2.24) is 0 Å². The SMILES string of the molecule is Cc1ccc(COc2c(Cl)cc(Cl)cc2C=C2C(=O)N(c3ccccc3)C(=O)N(c3ccccc3)C2=O)cc1. The highest BCUT2D eigenvalue weighted by atomic mass is 35.5. The molecule has 0 bridgehead atoms. The molecule has 4 amide bonds. The molecule has 5 rings (SSSR count). The van der Waals surface area contributed by atoms with E-state index in [2.05, 4.69) is 0 Å². The Labute approximate surface area is 235 Å². The molecule has 0 spiro atoms. The summed E-state index contributed by atoms with van der Waals surface area (Å²) in [6.07, 6.45) is 1.37. The van der Waals surface area contributed by atoms with Crippen LogP contribution in [0.1, 0.15) is 16.7 Å². The van der Waals surface area contributed by atoms with Crippen LogP contribution in [0.5, 0.6) is 5.75 Å². The topological polar surface area (TPSA) is 66.9 Å². The zero-order valence-corrected chi connectivity index (χ0v) is 22.3. The van der Waals surface area contributed by atoms with E-state index in [0.717, 1.165) is 20.9 Å². The van der Waals surface area contributed by atoms with Gasteiger partial charge in [0.1, 0.15) is 17.9 Å². The number of para-hydroxylation sites is 2. The van der Waals surface area contributed by atoms with E-state index < -0.39 is 17.8 Å². The molecular formula is C31H22Cl2N2O4. The minimum Gasteiger partial charge on any atom is -0.487 e. The van der Waals surface area contributed by atoms with Crippen molar-refractivity contribution in [3.63, 3.8) is 0 Å². The molecule has 1 fully saturated rings. The molecule has 1 aliphatic heterocycles. The Morgan fingerprint density at radius 1 is 0.744 bits per heavy atom. The number of ether oxygens (including phenoxy) is 1. The zero-order valence-electron chi connectivity index (χ0n) is 20.8. The van der Waals surface area contributed by atoms with Gasteiger partial charge in [0.15, 0.2) is 0 Å². The lowest BCUT2D eigenvalue weighted by molar-refractivity contribution is -0.121. The molecule has 1 heterocycles. The summed E-state index contributed by atoms with van der Waals surface area (Å²) in [5.74, 6) is -1.29. The highest BCUT2D eigenvalue weighted by Crippen LogP contribution is 2.36. The first-order chi connectivity index (χ1) is 18.8. The van der Waals surface area contributed by atoms with Crippen molar-refractivity contribution in [2.45, 2.75) is 13.5 Å². The van der Waals surface area contributed by atoms with Crippen LogP contribution in [0, 0.1) is 6.92 Å². The summed E-state index contributed by atoms with van der Waals surface area (Å²) in [4.78, 5) is 42.9. The summed E-state index contributed by atoms with van der Waals surface area (Å²) in [6.45, 7) is 2.19. The number of halogens is 2. The summed E-state index contributed by atoms with van der Waals surface area (Å²) in [5, 5.41) is 0.509. The molecule has 8 heteroatoms. The quantitative estimate of drug-likeness (QED) is 0.182. The van der Waals surface area contributed by atoms with Gasteiger partial charge in [-0.15, -0.1) is 0 Å². The lowest BCUT2D eigenvalue weighted by atomic mass is 10.0. The number of carbonyl (C=O) groups excluding carboxylic acids is 3. The molecule has 194 valence electrons. The molecule has 39 heavy (non-hydrogen) atoms. The molecule has 4 aromatic carbocycles. The number of nitrogens with zero attached hydrogens (tertiary/aromatic N) is 2. The summed E-state index contributed by atoms with van der Waals surface area (Å²) < 4.78 is 6.05. The number of carbonyl (C=O) groups is 3. The molecule has 1 aliphatic rings. The van der Waals surface area contributed by atoms with Crippen LogP contribution in [-0.2, 0) is 16.2 Å². The first kappa shape index (κ1) is 26.2. The number of hydrogen-bond acceptors (Lipinski definition) is 4. The van der Waals surface area contributed by atoms with Gasteiger partial charge in [-0.2, -0.15) is 0 Å². The number of hydrogen-bond donors (Lipinski definition) is 0. The number of urea groups is 1. The molecule has 1 saturated heterocycles. The first-order valence-electron chi connectivity index (χ1n) is 12.1. The van der Waals surface area contributed by atoms with Gasteiger partial charge in [0.05, 0.1) is 16.4 Å². The smallest absolute Gasteiger partial charge is 0.343 e. The minimum absolute atomic E-state index is 0.199. The fraction of sp³-hybridized carbons (Fsp3) is 0.0645.